The highest BCUT2D eigenvalue weighted by molar-refractivity contribution is 7.10. The van der Waals surface area contributed by atoms with Crippen molar-refractivity contribution in [3.8, 4) is 0 Å². The van der Waals surface area contributed by atoms with Crippen LogP contribution in [0.3, 0.4) is 0 Å². The first kappa shape index (κ1) is 15.2. The average Bonchev–Trinajstić information content (AvgIpc) is 3.18. The van der Waals surface area contributed by atoms with Gasteiger partial charge in [-0.05, 0) is 5.92 Å². The minimum absolute atomic E-state index is 0.0611. The standard InChI is InChI=1S/C15H20N4O2S/c1-11(2)14-13(17-10-22-14)15(20)19-5-3-18(4-6-19)7-12-8-21-9-16-12/h8-11H,3-7H2,1-2H3. The third-order valence-electron chi connectivity index (χ3n) is 3.85. The Balaban J connectivity index is 1.59. The van der Waals surface area contributed by atoms with E-state index in [1.807, 2.05) is 4.90 Å². The predicted octanol–water partition coefficient (Wildman–Crippen LogP) is 2.21. The summed E-state index contributed by atoms with van der Waals surface area (Å²) >= 11 is 1.57. The van der Waals surface area contributed by atoms with Crippen molar-refractivity contribution in [3.63, 3.8) is 0 Å². The van der Waals surface area contributed by atoms with Crippen LogP contribution in [0.2, 0.25) is 0 Å². The number of hydrogen-bond acceptors (Lipinski definition) is 6. The van der Waals surface area contributed by atoms with E-state index < -0.39 is 0 Å². The Kier molecular flexibility index (Phi) is 4.54. The van der Waals surface area contributed by atoms with Crippen LogP contribution in [-0.4, -0.2) is 51.9 Å². The summed E-state index contributed by atoms with van der Waals surface area (Å²) in [7, 11) is 0. The van der Waals surface area contributed by atoms with Gasteiger partial charge in [-0.15, -0.1) is 11.3 Å². The number of piperazine rings is 1. The maximum absolute atomic E-state index is 12.6. The van der Waals surface area contributed by atoms with E-state index in [0.29, 0.717) is 11.6 Å². The van der Waals surface area contributed by atoms with Gasteiger partial charge in [-0.3, -0.25) is 9.69 Å². The third kappa shape index (κ3) is 3.20. The van der Waals surface area contributed by atoms with E-state index in [1.165, 1.54) is 6.39 Å². The third-order valence-corrected chi connectivity index (χ3v) is 4.98. The molecule has 1 aliphatic heterocycles. The molecule has 0 radical (unpaired) electrons. The highest BCUT2D eigenvalue weighted by Crippen LogP contribution is 2.24. The van der Waals surface area contributed by atoms with Crippen LogP contribution in [0.5, 0.6) is 0 Å². The second kappa shape index (κ2) is 6.58. The van der Waals surface area contributed by atoms with Gasteiger partial charge in [0.05, 0.1) is 11.2 Å². The van der Waals surface area contributed by atoms with Crippen LogP contribution < -0.4 is 0 Å². The summed E-state index contributed by atoms with van der Waals surface area (Å²) in [6.45, 7) is 8.11. The van der Waals surface area contributed by atoms with Crippen LogP contribution in [0, 0.1) is 0 Å². The van der Waals surface area contributed by atoms with Gasteiger partial charge in [-0.2, -0.15) is 0 Å². The van der Waals surface area contributed by atoms with E-state index >= 15 is 0 Å². The summed E-state index contributed by atoms with van der Waals surface area (Å²) in [4.78, 5) is 26.3. The molecule has 6 nitrogen and oxygen atoms in total. The number of aromatic nitrogens is 2. The monoisotopic (exact) mass is 320 g/mol. The van der Waals surface area contributed by atoms with E-state index in [4.69, 9.17) is 4.42 Å². The number of nitrogens with zero attached hydrogens (tertiary/aromatic N) is 4. The molecular weight excluding hydrogens is 300 g/mol. The van der Waals surface area contributed by atoms with Crippen LogP contribution in [0.15, 0.2) is 22.6 Å². The lowest BCUT2D eigenvalue weighted by molar-refractivity contribution is 0.0620. The molecule has 1 amide bonds. The molecule has 0 N–H and O–H groups in total. The van der Waals surface area contributed by atoms with Crippen LogP contribution in [-0.2, 0) is 6.54 Å². The van der Waals surface area contributed by atoms with Crippen molar-refractivity contribution in [2.24, 2.45) is 0 Å². The quantitative estimate of drug-likeness (QED) is 0.864. The number of carbonyl (C=O) groups excluding carboxylic acids is 1. The Labute approximate surface area is 133 Å². The Morgan fingerprint density at radius 3 is 2.73 bits per heavy atom. The summed E-state index contributed by atoms with van der Waals surface area (Å²) in [5, 5.41) is 0. The van der Waals surface area contributed by atoms with E-state index in [0.717, 1.165) is 43.3 Å². The maximum Gasteiger partial charge on any atom is 0.273 e. The van der Waals surface area contributed by atoms with Gasteiger partial charge in [0.25, 0.3) is 5.91 Å². The number of thiazole rings is 1. The smallest absolute Gasteiger partial charge is 0.273 e. The molecule has 2 aromatic rings. The molecule has 2 aromatic heterocycles. The first-order chi connectivity index (χ1) is 10.6. The molecule has 3 heterocycles. The van der Waals surface area contributed by atoms with Crippen LogP contribution in [0.1, 0.15) is 40.8 Å². The Bertz CT molecular complexity index is 615. The Morgan fingerprint density at radius 2 is 2.09 bits per heavy atom. The van der Waals surface area contributed by atoms with Gasteiger partial charge < -0.3 is 9.32 Å². The molecule has 3 rings (SSSR count). The van der Waals surface area contributed by atoms with Crippen molar-refractivity contribution in [1.29, 1.82) is 0 Å². The van der Waals surface area contributed by atoms with Gasteiger partial charge in [0.2, 0.25) is 0 Å². The maximum atomic E-state index is 12.6. The summed E-state index contributed by atoms with van der Waals surface area (Å²) in [6.07, 6.45) is 3.12. The van der Waals surface area contributed by atoms with Crippen LogP contribution >= 0.6 is 11.3 Å². The lowest BCUT2D eigenvalue weighted by Crippen LogP contribution is -2.48. The molecule has 1 aliphatic rings. The SMILES string of the molecule is CC(C)c1scnc1C(=O)N1CCN(Cc2cocn2)CC1. The minimum atomic E-state index is 0.0611. The van der Waals surface area contributed by atoms with Crippen molar-refractivity contribution in [2.45, 2.75) is 26.3 Å². The Morgan fingerprint density at radius 1 is 1.32 bits per heavy atom. The zero-order valence-corrected chi connectivity index (χ0v) is 13.7. The fraction of sp³-hybridized carbons (Fsp3) is 0.533. The largest absolute Gasteiger partial charge is 0.451 e. The lowest BCUT2D eigenvalue weighted by atomic mass is 10.1. The number of hydrogen-bond donors (Lipinski definition) is 0. The lowest BCUT2D eigenvalue weighted by Gasteiger charge is -2.34. The molecule has 0 aliphatic carbocycles. The van der Waals surface area contributed by atoms with Gasteiger partial charge in [0.1, 0.15) is 12.0 Å². The molecule has 0 unspecified atom stereocenters. The zero-order chi connectivity index (χ0) is 15.5. The fourth-order valence-electron chi connectivity index (χ4n) is 2.63. The molecule has 1 fully saturated rings. The van der Waals surface area contributed by atoms with Gasteiger partial charge in [-0.25, -0.2) is 9.97 Å². The summed E-state index contributed by atoms with van der Waals surface area (Å²) < 4.78 is 4.99. The summed E-state index contributed by atoms with van der Waals surface area (Å²) in [5.41, 5.74) is 3.33. The Hall–Kier alpha value is -1.73. The van der Waals surface area contributed by atoms with E-state index in [-0.39, 0.29) is 5.91 Å². The molecule has 0 aromatic carbocycles. The molecule has 7 heteroatoms. The van der Waals surface area contributed by atoms with Crippen molar-refractivity contribution in [1.82, 2.24) is 19.8 Å². The number of carbonyl (C=O) groups is 1. The molecular formula is C15H20N4O2S. The molecule has 0 atom stereocenters. The topological polar surface area (TPSA) is 62.5 Å². The first-order valence-corrected chi connectivity index (χ1v) is 8.35. The molecule has 0 bridgehead atoms. The number of amides is 1. The van der Waals surface area contributed by atoms with Gasteiger partial charge in [-0.1, -0.05) is 13.8 Å². The normalized spacial score (nSPS) is 16.4. The minimum Gasteiger partial charge on any atom is -0.451 e. The summed E-state index contributed by atoms with van der Waals surface area (Å²) in [6, 6.07) is 0. The van der Waals surface area contributed by atoms with Gasteiger partial charge in [0.15, 0.2) is 6.39 Å². The van der Waals surface area contributed by atoms with Crippen molar-refractivity contribution in [2.75, 3.05) is 26.2 Å². The second-order valence-corrected chi connectivity index (χ2v) is 6.65. The molecule has 22 heavy (non-hydrogen) atoms. The average molecular weight is 320 g/mol. The van der Waals surface area contributed by atoms with Gasteiger partial charge >= 0.3 is 0 Å². The zero-order valence-electron chi connectivity index (χ0n) is 12.9. The molecule has 0 spiro atoms. The van der Waals surface area contributed by atoms with E-state index in [2.05, 4.69) is 28.7 Å². The van der Waals surface area contributed by atoms with Crippen LogP contribution in [0.4, 0.5) is 0 Å². The first-order valence-electron chi connectivity index (χ1n) is 7.47. The second-order valence-electron chi connectivity index (χ2n) is 5.77. The highest BCUT2D eigenvalue weighted by atomic mass is 32.1. The number of oxazole rings is 1. The van der Waals surface area contributed by atoms with E-state index in [1.54, 1.807) is 23.1 Å². The molecule has 1 saturated heterocycles. The number of rotatable bonds is 4. The summed E-state index contributed by atoms with van der Waals surface area (Å²) in [5.74, 6) is 0.394. The van der Waals surface area contributed by atoms with E-state index in [9.17, 15) is 4.79 Å². The van der Waals surface area contributed by atoms with Crippen molar-refractivity contribution < 1.29 is 9.21 Å². The van der Waals surface area contributed by atoms with Crippen LogP contribution in [0.25, 0.3) is 0 Å². The van der Waals surface area contributed by atoms with Gasteiger partial charge in [0, 0.05) is 37.6 Å². The molecule has 118 valence electrons. The van der Waals surface area contributed by atoms with Crippen molar-refractivity contribution >= 4 is 17.2 Å². The highest BCUT2D eigenvalue weighted by Gasteiger charge is 2.26. The predicted molar refractivity (Wildman–Crippen MR) is 83.9 cm³/mol. The van der Waals surface area contributed by atoms with Crippen molar-refractivity contribution in [3.05, 3.63) is 34.4 Å². The fourth-order valence-corrected chi connectivity index (χ4v) is 3.42. The molecule has 0 saturated carbocycles.